The molecule has 18 heavy (non-hydrogen) atoms. The van der Waals surface area contributed by atoms with Crippen molar-refractivity contribution in [2.24, 2.45) is 0 Å². The average Bonchev–Trinajstić information content (AvgIpc) is 2.40. The van der Waals surface area contributed by atoms with Crippen molar-refractivity contribution < 1.29 is 4.79 Å². The number of rotatable bonds is 3. The van der Waals surface area contributed by atoms with Gasteiger partial charge in [0.1, 0.15) is 0 Å². The maximum absolute atomic E-state index is 12.0. The molecule has 0 aromatic heterocycles. The van der Waals surface area contributed by atoms with Gasteiger partial charge in [-0.1, -0.05) is 49.0 Å². The Balaban J connectivity index is 2.14. The first-order valence-electron chi connectivity index (χ1n) is 5.48. The Morgan fingerprint density at radius 3 is 2.28 bits per heavy atom. The predicted octanol–water partition coefficient (Wildman–Crippen LogP) is 3.85. The second-order valence-corrected chi connectivity index (χ2v) is 4.63. The van der Waals surface area contributed by atoms with Gasteiger partial charge in [-0.25, -0.2) is 0 Å². The molecule has 0 aliphatic heterocycles. The van der Waals surface area contributed by atoms with Gasteiger partial charge < -0.3 is 5.32 Å². The van der Waals surface area contributed by atoms with Crippen LogP contribution in [0, 0.1) is 0 Å². The molecule has 0 saturated heterocycles. The lowest BCUT2D eigenvalue weighted by Crippen LogP contribution is -2.21. The zero-order valence-corrected chi connectivity index (χ0v) is 11.3. The van der Waals surface area contributed by atoms with Crippen molar-refractivity contribution >= 4 is 27.5 Å². The van der Waals surface area contributed by atoms with Gasteiger partial charge in [0.05, 0.1) is 5.56 Å². The average molecular weight is 302 g/mol. The first-order valence-corrected chi connectivity index (χ1v) is 6.28. The maximum atomic E-state index is 12.0. The quantitative estimate of drug-likeness (QED) is 0.916. The number of nitrogens with one attached hydrogen (secondary N) is 1. The lowest BCUT2D eigenvalue weighted by atomic mass is 10.1. The second-order valence-electron chi connectivity index (χ2n) is 3.78. The smallest absolute Gasteiger partial charge is 0.256 e. The summed E-state index contributed by atoms with van der Waals surface area (Å²) in [5, 5.41) is 2.79. The predicted molar refractivity (Wildman–Crippen MR) is 77.1 cm³/mol. The van der Waals surface area contributed by atoms with Crippen LogP contribution in [-0.2, 0) is 0 Å². The van der Waals surface area contributed by atoms with Gasteiger partial charge in [0.25, 0.3) is 5.91 Å². The lowest BCUT2D eigenvalue weighted by Gasteiger charge is -2.09. The molecule has 0 aliphatic carbocycles. The summed E-state index contributed by atoms with van der Waals surface area (Å²) in [6, 6.07) is 16.8. The summed E-state index contributed by atoms with van der Waals surface area (Å²) in [5.41, 5.74) is 2.09. The summed E-state index contributed by atoms with van der Waals surface area (Å²) in [6.07, 6.45) is 0. The van der Waals surface area contributed by atoms with Gasteiger partial charge in [-0.2, -0.15) is 0 Å². The van der Waals surface area contributed by atoms with E-state index in [1.165, 1.54) is 0 Å². The molecule has 2 aromatic carbocycles. The van der Waals surface area contributed by atoms with Crippen LogP contribution in [0.15, 0.2) is 65.6 Å². The Labute approximate surface area is 114 Å². The van der Waals surface area contributed by atoms with E-state index in [-0.39, 0.29) is 5.91 Å². The van der Waals surface area contributed by atoms with Gasteiger partial charge in [-0.15, -0.1) is 0 Å². The minimum absolute atomic E-state index is 0.170. The number of hydrogen-bond acceptors (Lipinski definition) is 1. The minimum Gasteiger partial charge on any atom is -0.322 e. The molecule has 3 heteroatoms. The Morgan fingerprint density at radius 1 is 1.00 bits per heavy atom. The minimum atomic E-state index is -0.170. The Hall–Kier alpha value is -1.87. The van der Waals surface area contributed by atoms with Gasteiger partial charge in [-0.3, -0.25) is 4.79 Å². The van der Waals surface area contributed by atoms with Crippen molar-refractivity contribution in [1.82, 2.24) is 5.32 Å². The zero-order chi connectivity index (χ0) is 13.0. The largest absolute Gasteiger partial charge is 0.322 e. The SMILES string of the molecule is C=C(NC(=O)c1ccccc1Br)c1ccccc1. The fraction of sp³-hybridized carbons (Fsp3) is 0. The van der Waals surface area contributed by atoms with Crippen molar-refractivity contribution in [3.8, 4) is 0 Å². The van der Waals surface area contributed by atoms with Crippen molar-refractivity contribution in [2.75, 3.05) is 0 Å². The van der Waals surface area contributed by atoms with E-state index >= 15 is 0 Å². The first-order chi connectivity index (χ1) is 8.68. The summed E-state index contributed by atoms with van der Waals surface area (Å²) in [5.74, 6) is -0.170. The molecule has 0 unspecified atom stereocenters. The lowest BCUT2D eigenvalue weighted by molar-refractivity contribution is 0.0973. The Morgan fingerprint density at radius 2 is 1.61 bits per heavy atom. The van der Waals surface area contributed by atoms with Gasteiger partial charge in [0, 0.05) is 10.2 Å². The highest BCUT2D eigenvalue weighted by atomic mass is 79.9. The molecule has 0 radical (unpaired) electrons. The summed E-state index contributed by atoms with van der Waals surface area (Å²) in [7, 11) is 0. The van der Waals surface area contributed by atoms with Crippen LogP contribution in [0.1, 0.15) is 15.9 Å². The molecule has 0 bridgehead atoms. The van der Waals surface area contributed by atoms with E-state index in [9.17, 15) is 4.79 Å². The van der Waals surface area contributed by atoms with Crippen LogP contribution in [0.3, 0.4) is 0 Å². The molecule has 2 nitrogen and oxygen atoms in total. The van der Waals surface area contributed by atoms with Crippen molar-refractivity contribution in [1.29, 1.82) is 0 Å². The molecule has 0 aliphatic rings. The third kappa shape index (κ3) is 2.87. The highest BCUT2D eigenvalue weighted by molar-refractivity contribution is 9.10. The van der Waals surface area contributed by atoms with Crippen LogP contribution in [-0.4, -0.2) is 5.91 Å². The van der Waals surface area contributed by atoms with E-state index < -0.39 is 0 Å². The first kappa shape index (κ1) is 12.6. The fourth-order valence-corrected chi connectivity index (χ4v) is 2.03. The van der Waals surface area contributed by atoms with E-state index in [0.717, 1.165) is 10.0 Å². The van der Waals surface area contributed by atoms with Crippen LogP contribution >= 0.6 is 15.9 Å². The highest BCUT2D eigenvalue weighted by Crippen LogP contribution is 2.17. The number of halogens is 1. The number of amides is 1. The topological polar surface area (TPSA) is 29.1 Å². The highest BCUT2D eigenvalue weighted by Gasteiger charge is 2.10. The molecular weight excluding hydrogens is 290 g/mol. The fourth-order valence-electron chi connectivity index (χ4n) is 1.56. The van der Waals surface area contributed by atoms with Crippen molar-refractivity contribution in [2.45, 2.75) is 0 Å². The summed E-state index contributed by atoms with van der Waals surface area (Å²) in [4.78, 5) is 12.0. The van der Waals surface area contributed by atoms with E-state index in [1.807, 2.05) is 48.5 Å². The molecule has 90 valence electrons. The second kappa shape index (κ2) is 5.65. The van der Waals surface area contributed by atoms with Crippen LogP contribution in [0.5, 0.6) is 0 Å². The van der Waals surface area contributed by atoms with Gasteiger partial charge in [-0.05, 0) is 33.6 Å². The van der Waals surface area contributed by atoms with E-state index in [1.54, 1.807) is 6.07 Å². The molecule has 0 spiro atoms. The normalized spacial score (nSPS) is 9.83. The summed E-state index contributed by atoms with van der Waals surface area (Å²) >= 11 is 3.35. The molecule has 1 N–H and O–H groups in total. The van der Waals surface area contributed by atoms with Crippen molar-refractivity contribution in [3.63, 3.8) is 0 Å². The van der Waals surface area contributed by atoms with E-state index in [2.05, 4.69) is 27.8 Å². The number of hydrogen-bond donors (Lipinski definition) is 1. The molecule has 2 rings (SSSR count). The number of carbonyl (C=O) groups excluding carboxylic acids is 1. The van der Waals surface area contributed by atoms with Gasteiger partial charge in [0.15, 0.2) is 0 Å². The summed E-state index contributed by atoms with van der Waals surface area (Å²) in [6.45, 7) is 3.87. The summed E-state index contributed by atoms with van der Waals surface area (Å²) < 4.78 is 0.767. The van der Waals surface area contributed by atoms with Crippen LogP contribution in [0.25, 0.3) is 5.70 Å². The molecule has 0 atom stereocenters. The molecule has 0 fully saturated rings. The Bertz CT molecular complexity index is 578. The monoisotopic (exact) mass is 301 g/mol. The number of carbonyl (C=O) groups is 1. The zero-order valence-electron chi connectivity index (χ0n) is 9.69. The molecule has 1 amide bonds. The van der Waals surface area contributed by atoms with Crippen LogP contribution in [0.4, 0.5) is 0 Å². The third-order valence-corrected chi connectivity index (χ3v) is 3.20. The standard InChI is InChI=1S/C15H12BrNO/c1-11(12-7-3-2-4-8-12)17-15(18)13-9-5-6-10-14(13)16/h2-10H,1H2,(H,17,18). The van der Waals surface area contributed by atoms with Gasteiger partial charge in [0.2, 0.25) is 0 Å². The Kier molecular flexibility index (Phi) is 3.95. The maximum Gasteiger partial charge on any atom is 0.256 e. The third-order valence-electron chi connectivity index (χ3n) is 2.51. The van der Waals surface area contributed by atoms with E-state index in [0.29, 0.717) is 11.3 Å². The van der Waals surface area contributed by atoms with Crippen molar-refractivity contribution in [3.05, 3.63) is 76.8 Å². The van der Waals surface area contributed by atoms with Crippen LogP contribution in [0.2, 0.25) is 0 Å². The van der Waals surface area contributed by atoms with Gasteiger partial charge >= 0.3 is 0 Å². The number of benzene rings is 2. The molecular formula is C15H12BrNO. The molecule has 0 saturated carbocycles. The molecule has 2 aromatic rings. The molecule has 0 heterocycles. The van der Waals surface area contributed by atoms with Crippen LogP contribution < -0.4 is 5.32 Å². The van der Waals surface area contributed by atoms with E-state index in [4.69, 9.17) is 0 Å².